The van der Waals surface area contributed by atoms with E-state index in [1.54, 1.807) is 18.2 Å². The number of hydrogen-bond acceptors (Lipinski definition) is 3. The molecule has 2 aromatic rings. The van der Waals surface area contributed by atoms with E-state index in [-0.39, 0.29) is 17.9 Å². The Bertz CT molecular complexity index is 761. The second-order valence-electron chi connectivity index (χ2n) is 6.91. The van der Waals surface area contributed by atoms with Gasteiger partial charge in [-0.3, -0.25) is 9.59 Å². The molecule has 0 atom stereocenters. The van der Waals surface area contributed by atoms with Crippen LogP contribution in [0.3, 0.4) is 0 Å². The van der Waals surface area contributed by atoms with Crippen LogP contribution >= 0.6 is 11.3 Å². The first-order valence-corrected chi connectivity index (χ1v) is 10.5. The maximum atomic E-state index is 12.9. The van der Waals surface area contributed by atoms with E-state index in [1.807, 2.05) is 35.7 Å². The van der Waals surface area contributed by atoms with E-state index in [9.17, 15) is 9.59 Å². The summed E-state index contributed by atoms with van der Waals surface area (Å²) in [5.74, 6) is -0.482. The minimum absolute atomic E-state index is 0.179. The van der Waals surface area contributed by atoms with Gasteiger partial charge in [0.25, 0.3) is 11.8 Å². The quantitative estimate of drug-likeness (QED) is 0.733. The lowest BCUT2D eigenvalue weighted by Gasteiger charge is -2.22. The minimum atomic E-state index is -0.272. The van der Waals surface area contributed by atoms with E-state index in [1.165, 1.54) is 30.6 Å². The van der Waals surface area contributed by atoms with Crippen molar-refractivity contribution in [1.82, 2.24) is 10.6 Å². The summed E-state index contributed by atoms with van der Waals surface area (Å²) in [7, 11) is 0. The van der Waals surface area contributed by atoms with E-state index in [2.05, 4.69) is 10.6 Å². The third kappa shape index (κ3) is 6.07. The summed E-state index contributed by atoms with van der Waals surface area (Å²) in [6, 6.07) is 13.0. The molecule has 0 bridgehead atoms. The topological polar surface area (TPSA) is 58.2 Å². The smallest absolute Gasteiger partial charge is 0.268 e. The lowest BCUT2D eigenvalue weighted by Crippen LogP contribution is -2.40. The molecular formula is C22H26N2O2S. The van der Waals surface area contributed by atoms with Gasteiger partial charge in [0.2, 0.25) is 0 Å². The van der Waals surface area contributed by atoms with Crippen molar-refractivity contribution >= 4 is 29.2 Å². The van der Waals surface area contributed by atoms with Crippen LogP contribution in [0.1, 0.15) is 60.2 Å². The van der Waals surface area contributed by atoms with Gasteiger partial charge in [-0.1, -0.05) is 56.4 Å². The van der Waals surface area contributed by atoms with Gasteiger partial charge in [0.1, 0.15) is 5.70 Å². The van der Waals surface area contributed by atoms with E-state index in [0.717, 1.165) is 30.6 Å². The van der Waals surface area contributed by atoms with Crippen molar-refractivity contribution in [2.75, 3.05) is 0 Å². The zero-order valence-corrected chi connectivity index (χ0v) is 16.3. The maximum absolute atomic E-state index is 12.9. The van der Waals surface area contributed by atoms with E-state index >= 15 is 0 Å². The van der Waals surface area contributed by atoms with E-state index in [0.29, 0.717) is 11.3 Å². The van der Waals surface area contributed by atoms with Gasteiger partial charge in [-0.25, -0.2) is 0 Å². The highest BCUT2D eigenvalue weighted by atomic mass is 32.1. The predicted octanol–water partition coefficient (Wildman–Crippen LogP) is 4.75. The highest BCUT2D eigenvalue weighted by molar-refractivity contribution is 7.10. The van der Waals surface area contributed by atoms with Crippen molar-refractivity contribution in [3.05, 3.63) is 64.0 Å². The van der Waals surface area contributed by atoms with Crippen molar-refractivity contribution in [3.63, 3.8) is 0 Å². The minimum Gasteiger partial charge on any atom is -0.348 e. The van der Waals surface area contributed by atoms with Gasteiger partial charge in [0.15, 0.2) is 0 Å². The second-order valence-corrected chi connectivity index (χ2v) is 7.89. The molecule has 0 spiro atoms. The fraction of sp³-hybridized carbons (Fsp3) is 0.364. The fourth-order valence-corrected chi connectivity index (χ4v) is 3.98. The van der Waals surface area contributed by atoms with Crippen LogP contribution in [0.25, 0.3) is 6.08 Å². The molecule has 2 N–H and O–H groups in total. The number of thiophene rings is 1. The van der Waals surface area contributed by atoms with Gasteiger partial charge in [0, 0.05) is 16.5 Å². The number of carbonyl (C=O) groups is 2. The summed E-state index contributed by atoms with van der Waals surface area (Å²) in [6.45, 7) is 0. The number of rotatable bonds is 5. The first-order valence-electron chi connectivity index (χ1n) is 9.65. The molecule has 1 fully saturated rings. The Balaban J connectivity index is 1.73. The molecule has 0 aliphatic heterocycles. The average Bonchev–Trinajstić information content (AvgIpc) is 3.17. The van der Waals surface area contributed by atoms with Crippen LogP contribution in [0.4, 0.5) is 0 Å². The first-order chi connectivity index (χ1) is 13.2. The third-order valence-electron chi connectivity index (χ3n) is 4.80. The van der Waals surface area contributed by atoms with Crippen LogP contribution < -0.4 is 10.6 Å². The molecule has 0 unspecified atom stereocenters. The summed E-state index contributed by atoms with van der Waals surface area (Å²) in [6.07, 6.45) is 9.80. The lowest BCUT2D eigenvalue weighted by atomic mass is 9.96. The van der Waals surface area contributed by atoms with Crippen LogP contribution in [0.15, 0.2) is 53.5 Å². The largest absolute Gasteiger partial charge is 0.348 e. The molecule has 1 saturated carbocycles. The number of hydrogen-bond donors (Lipinski definition) is 2. The monoisotopic (exact) mass is 382 g/mol. The van der Waals surface area contributed by atoms with Crippen LogP contribution in [-0.4, -0.2) is 17.9 Å². The van der Waals surface area contributed by atoms with E-state index in [4.69, 9.17) is 0 Å². The third-order valence-corrected chi connectivity index (χ3v) is 5.62. The molecule has 3 rings (SSSR count). The first kappa shape index (κ1) is 19.4. The van der Waals surface area contributed by atoms with Crippen molar-refractivity contribution in [3.8, 4) is 0 Å². The molecule has 1 aliphatic carbocycles. The van der Waals surface area contributed by atoms with Gasteiger partial charge in [-0.15, -0.1) is 11.3 Å². The zero-order chi connectivity index (χ0) is 18.9. The summed E-state index contributed by atoms with van der Waals surface area (Å²) >= 11 is 1.54. The molecule has 0 saturated heterocycles. The second kappa shape index (κ2) is 10.1. The van der Waals surface area contributed by atoms with Crippen LogP contribution in [-0.2, 0) is 4.79 Å². The van der Waals surface area contributed by atoms with Gasteiger partial charge in [-0.2, -0.15) is 0 Å². The normalized spacial score (nSPS) is 16.2. The summed E-state index contributed by atoms with van der Waals surface area (Å²) in [5.41, 5.74) is 0.835. The van der Waals surface area contributed by atoms with E-state index < -0.39 is 0 Å². The lowest BCUT2D eigenvalue weighted by molar-refractivity contribution is -0.118. The molecule has 0 radical (unpaired) electrons. The van der Waals surface area contributed by atoms with Crippen molar-refractivity contribution in [1.29, 1.82) is 0 Å². The molecule has 1 aromatic heterocycles. The fourth-order valence-electron chi connectivity index (χ4n) is 3.32. The Morgan fingerprint density at radius 3 is 2.30 bits per heavy atom. The molecule has 142 valence electrons. The summed E-state index contributed by atoms with van der Waals surface area (Å²) in [5, 5.41) is 7.90. The van der Waals surface area contributed by atoms with Crippen LogP contribution in [0, 0.1) is 0 Å². The Morgan fingerprint density at radius 2 is 1.63 bits per heavy atom. The average molecular weight is 383 g/mol. The highest BCUT2D eigenvalue weighted by Crippen LogP contribution is 2.18. The van der Waals surface area contributed by atoms with Crippen LogP contribution in [0.5, 0.6) is 0 Å². The van der Waals surface area contributed by atoms with Crippen LogP contribution in [0.2, 0.25) is 0 Å². The Labute approximate surface area is 164 Å². The van der Waals surface area contributed by atoms with Crippen molar-refractivity contribution in [2.24, 2.45) is 0 Å². The zero-order valence-electron chi connectivity index (χ0n) is 15.4. The van der Waals surface area contributed by atoms with Crippen molar-refractivity contribution in [2.45, 2.75) is 51.0 Å². The molecule has 1 aromatic carbocycles. The number of nitrogens with one attached hydrogen (secondary N) is 2. The molecule has 1 heterocycles. The number of amides is 2. The molecule has 4 nitrogen and oxygen atoms in total. The highest BCUT2D eigenvalue weighted by Gasteiger charge is 2.19. The Morgan fingerprint density at radius 1 is 0.926 bits per heavy atom. The Hall–Kier alpha value is -2.40. The molecular weight excluding hydrogens is 356 g/mol. The molecule has 1 aliphatic rings. The molecule has 27 heavy (non-hydrogen) atoms. The summed E-state index contributed by atoms with van der Waals surface area (Å²) in [4.78, 5) is 26.4. The number of carbonyl (C=O) groups excluding carboxylic acids is 2. The SMILES string of the molecule is O=C(NC1CCCCCCC1)/C(=C/c1cccs1)NC(=O)c1ccccc1. The molecule has 2 amide bonds. The maximum Gasteiger partial charge on any atom is 0.268 e. The van der Waals surface area contributed by atoms with Gasteiger partial charge in [0.05, 0.1) is 0 Å². The van der Waals surface area contributed by atoms with Crippen molar-refractivity contribution < 1.29 is 9.59 Å². The summed E-state index contributed by atoms with van der Waals surface area (Å²) < 4.78 is 0. The number of benzene rings is 1. The predicted molar refractivity (Wildman–Crippen MR) is 110 cm³/mol. The Kier molecular flexibility index (Phi) is 7.22. The van der Waals surface area contributed by atoms with Gasteiger partial charge in [-0.05, 0) is 42.5 Å². The standard InChI is InChI=1S/C22H26N2O2S/c25-21(17-10-5-4-6-11-17)24-20(16-19-14-9-15-27-19)22(26)23-18-12-7-2-1-3-8-13-18/h4-6,9-11,14-16,18H,1-3,7-8,12-13H2,(H,23,26)(H,24,25)/b20-16-. The van der Waals surface area contributed by atoms with Gasteiger partial charge >= 0.3 is 0 Å². The van der Waals surface area contributed by atoms with Gasteiger partial charge < -0.3 is 10.6 Å². The molecule has 5 heteroatoms.